The molecule has 1 amide bonds. The molecular weight excluding hydrogens is 258 g/mol. The highest BCUT2D eigenvalue weighted by Crippen LogP contribution is 2.12. The fourth-order valence-electron chi connectivity index (χ4n) is 2.19. The molecule has 110 valence electrons. The zero-order valence-corrected chi connectivity index (χ0v) is 11.4. The zero-order chi connectivity index (χ0) is 14.4. The lowest BCUT2D eigenvalue weighted by molar-refractivity contribution is -0.117. The molecule has 0 aliphatic carbocycles. The molecule has 0 spiro atoms. The fourth-order valence-corrected chi connectivity index (χ4v) is 2.19. The quantitative estimate of drug-likeness (QED) is 0.674. The third-order valence-corrected chi connectivity index (χ3v) is 3.25. The lowest BCUT2D eigenvalue weighted by atomic mass is 10.2. The Morgan fingerprint density at radius 3 is 3.15 bits per heavy atom. The van der Waals surface area contributed by atoms with Crippen molar-refractivity contribution in [2.45, 2.75) is 12.5 Å². The first kappa shape index (κ1) is 14.8. The number of hydrogen-bond acceptors (Lipinski definition) is 5. The molecule has 1 saturated heterocycles. The van der Waals surface area contributed by atoms with Crippen molar-refractivity contribution in [3.05, 3.63) is 24.3 Å². The van der Waals surface area contributed by atoms with Crippen LogP contribution in [0.2, 0.25) is 0 Å². The van der Waals surface area contributed by atoms with Gasteiger partial charge in [0.15, 0.2) is 0 Å². The summed E-state index contributed by atoms with van der Waals surface area (Å²) in [4.78, 5) is 14.0. The minimum atomic E-state index is -0.138. The molecule has 2 rings (SSSR count). The van der Waals surface area contributed by atoms with Crippen molar-refractivity contribution in [2.75, 3.05) is 43.9 Å². The van der Waals surface area contributed by atoms with Gasteiger partial charge >= 0.3 is 0 Å². The van der Waals surface area contributed by atoms with Crippen LogP contribution in [0.5, 0.6) is 0 Å². The minimum absolute atomic E-state index is 0.0198. The van der Waals surface area contributed by atoms with Crippen LogP contribution in [0.25, 0.3) is 0 Å². The number of ether oxygens (including phenoxy) is 1. The van der Waals surface area contributed by atoms with Crippen LogP contribution in [0, 0.1) is 0 Å². The van der Waals surface area contributed by atoms with E-state index in [2.05, 4.69) is 10.2 Å². The van der Waals surface area contributed by atoms with Crippen molar-refractivity contribution in [1.82, 2.24) is 4.90 Å². The molecule has 1 atom stereocenters. The third-order valence-electron chi connectivity index (χ3n) is 3.25. The smallest absolute Gasteiger partial charge is 0.225 e. The summed E-state index contributed by atoms with van der Waals surface area (Å²) in [5, 5.41) is 11.9. The average molecular weight is 279 g/mol. The van der Waals surface area contributed by atoms with Gasteiger partial charge in [-0.1, -0.05) is 6.07 Å². The van der Waals surface area contributed by atoms with E-state index in [4.69, 9.17) is 15.6 Å². The Morgan fingerprint density at radius 1 is 1.55 bits per heavy atom. The number of carbonyl (C=O) groups is 1. The molecule has 1 fully saturated rings. The van der Waals surface area contributed by atoms with Crippen molar-refractivity contribution >= 4 is 17.3 Å². The number of aliphatic hydroxyl groups is 1. The largest absolute Gasteiger partial charge is 0.399 e. The summed E-state index contributed by atoms with van der Waals surface area (Å²) in [6.45, 7) is 2.74. The highest BCUT2D eigenvalue weighted by atomic mass is 16.5. The van der Waals surface area contributed by atoms with Crippen LogP contribution < -0.4 is 11.1 Å². The van der Waals surface area contributed by atoms with Crippen LogP contribution in [0.4, 0.5) is 11.4 Å². The van der Waals surface area contributed by atoms with E-state index in [1.807, 2.05) is 6.07 Å². The van der Waals surface area contributed by atoms with Crippen molar-refractivity contribution in [1.29, 1.82) is 0 Å². The number of benzene rings is 1. The van der Waals surface area contributed by atoms with Gasteiger partial charge in [-0.3, -0.25) is 9.69 Å². The summed E-state index contributed by atoms with van der Waals surface area (Å²) in [5.74, 6) is -0.0392. The first-order valence-electron chi connectivity index (χ1n) is 6.77. The normalized spacial score (nSPS) is 19.8. The number of nitrogens with two attached hydrogens (primary N) is 1. The van der Waals surface area contributed by atoms with Gasteiger partial charge in [0.25, 0.3) is 0 Å². The summed E-state index contributed by atoms with van der Waals surface area (Å²) < 4.78 is 5.37. The van der Waals surface area contributed by atoms with E-state index in [9.17, 15) is 4.79 Å². The molecule has 6 heteroatoms. The maximum atomic E-state index is 11.9. The van der Waals surface area contributed by atoms with Crippen molar-refractivity contribution < 1.29 is 14.6 Å². The van der Waals surface area contributed by atoms with Crippen LogP contribution >= 0.6 is 0 Å². The Bertz CT molecular complexity index is 453. The third kappa shape index (κ3) is 4.48. The van der Waals surface area contributed by atoms with Gasteiger partial charge in [-0.15, -0.1) is 0 Å². The number of morpholine rings is 1. The summed E-state index contributed by atoms with van der Waals surface area (Å²) in [6, 6.07) is 7.12. The monoisotopic (exact) mass is 279 g/mol. The maximum Gasteiger partial charge on any atom is 0.225 e. The van der Waals surface area contributed by atoms with E-state index >= 15 is 0 Å². The number of hydrogen-bond donors (Lipinski definition) is 3. The molecule has 20 heavy (non-hydrogen) atoms. The van der Waals surface area contributed by atoms with E-state index in [-0.39, 0.29) is 18.6 Å². The van der Waals surface area contributed by atoms with Gasteiger partial charge in [-0.25, -0.2) is 0 Å². The molecule has 6 nitrogen and oxygen atoms in total. The summed E-state index contributed by atoms with van der Waals surface area (Å²) in [5.41, 5.74) is 7.00. The lowest BCUT2D eigenvalue weighted by Crippen LogP contribution is -2.44. The highest BCUT2D eigenvalue weighted by molar-refractivity contribution is 5.91. The Hall–Kier alpha value is -1.63. The second-order valence-corrected chi connectivity index (χ2v) is 4.90. The Labute approximate surface area is 118 Å². The molecule has 1 aromatic carbocycles. The predicted octanol–water partition coefficient (Wildman–Crippen LogP) is 0.291. The van der Waals surface area contributed by atoms with Gasteiger partial charge in [0.05, 0.1) is 19.3 Å². The molecule has 1 aliphatic heterocycles. The molecule has 0 radical (unpaired) electrons. The Morgan fingerprint density at radius 2 is 2.40 bits per heavy atom. The maximum absolute atomic E-state index is 11.9. The van der Waals surface area contributed by atoms with E-state index in [1.54, 1.807) is 18.2 Å². The number of carbonyl (C=O) groups excluding carboxylic acids is 1. The molecule has 1 heterocycles. The van der Waals surface area contributed by atoms with Crippen LogP contribution in [0.15, 0.2) is 24.3 Å². The molecule has 0 bridgehead atoms. The van der Waals surface area contributed by atoms with Crippen molar-refractivity contribution in [2.24, 2.45) is 0 Å². The van der Waals surface area contributed by atoms with Crippen molar-refractivity contribution in [3.63, 3.8) is 0 Å². The number of rotatable bonds is 5. The van der Waals surface area contributed by atoms with Crippen LogP contribution in [-0.4, -0.2) is 54.9 Å². The number of nitrogen functional groups attached to an aromatic ring is 1. The van der Waals surface area contributed by atoms with Gasteiger partial charge in [0.1, 0.15) is 0 Å². The summed E-state index contributed by atoms with van der Waals surface area (Å²) >= 11 is 0. The van der Waals surface area contributed by atoms with Gasteiger partial charge in [-0.05, 0) is 18.2 Å². The van der Waals surface area contributed by atoms with Gasteiger partial charge in [-0.2, -0.15) is 0 Å². The van der Waals surface area contributed by atoms with Crippen LogP contribution in [-0.2, 0) is 9.53 Å². The standard InChI is InChI=1S/C14H21N3O3/c15-11-2-1-3-12(8-11)16-14(19)4-5-17-6-7-20-13(9-17)10-18/h1-3,8,13,18H,4-7,9-10,15H2,(H,16,19). The SMILES string of the molecule is Nc1cccc(NC(=O)CCN2CCOC(CO)C2)c1. The summed E-state index contributed by atoms with van der Waals surface area (Å²) in [6.07, 6.45) is 0.271. The second kappa shape index (κ2) is 7.23. The van der Waals surface area contributed by atoms with Crippen LogP contribution in [0.3, 0.4) is 0 Å². The second-order valence-electron chi connectivity index (χ2n) is 4.90. The van der Waals surface area contributed by atoms with Crippen LogP contribution in [0.1, 0.15) is 6.42 Å². The number of anilines is 2. The Balaban J connectivity index is 1.75. The van der Waals surface area contributed by atoms with Gasteiger partial charge in [0, 0.05) is 37.4 Å². The molecule has 1 aliphatic rings. The number of nitrogens with one attached hydrogen (secondary N) is 1. The minimum Gasteiger partial charge on any atom is -0.399 e. The molecule has 0 saturated carbocycles. The van der Waals surface area contributed by atoms with E-state index in [0.29, 0.717) is 37.5 Å². The highest BCUT2D eigenvalue weighted by Gasteiger charge is 2.19. The number of amides is 1. The number of nitrogens with zero attached hydrogens (tertiary/aromatic N) is 1. The predicted molar refractivity (Wildman–Crippen MR) is 77.4 cm³/mol. The molecule has 1 aromatic rings. The molecule has 4 N–H and O–H groups in total. The van der Waals surface area contributed by atoms with Crippen molar-refractivity contribution in [3.8, 4) is 0 Å². The molecule has 0 aromatic heterocycles. The molecular formula is C14H21N3O3. The van der Waals surface area contributed by atoms with E-state index < -0.39 is 0 Å². The average Bonchev–Trinajstić information content (AvgIpc) is 2.45. The van der Waals surface area contributed by atoms with E-state index in [0.717, 1.165) is 6.54 Å². The number of aliphatic hydroxyl groups excluding tert-OH is 1. The summed E-state index contributed by atoms with van der Waals surface area (Å²) in [7, 11) is 0. The molecule has 1 unspecified atom stereocenters. The topological polar surface area (TPSA) is 87.8 Å². The van der Waals surface area contributed by atoms with E-state index in [1.165, 1.54) is 0 Å². The zero-order valence-electron chi connectivity index (χ0n) is 11.4. The van der Waals surface area contributed by atoms with Gasteiger partial charge in [0.2, 0.25) is 5.91 Å². The van der Waals surface area contributed by atoms with Gasteiger partial charge < -0.3 is 20.9 Å². The Kier molecular flexibility index (Phi) is 5.34. The first-order chi connectivity index (χ1) is 9.67. The fraction of sp³-hybridized carbons (Fsp3) is 0.500. The lowest BCUT2D eigenvalue weighted by Gasteiger charge is -2.31. The first-order valence-corrected chi connectivity index (χ1v) is 6.77.